The lowest BCUT2D eigenvalue weighted by molar-refractivity contribution is -0.142. The molecule has 114 valence electrons. The van der Waals surface area contributed by atoms with Gasteiger partial charge in [0.1, 0.15) is 15.7 Å². The number of nitrogens with zero attached hydrogens (tertiary/aromatic N) is 2. The van der Waals surface area contributed by atoms with Crippen molar-refractivity contribution in [1.82, 2.24) is 4.98 Å². The van der Waals surface area contributed by atoms with E-state index in [9.17, 15) is 9.59 Å². The van der Waals surface area contributed by atoms with Crippen LogP contribution in [0.15, 0.2) is 30.3 Å². The Bertz CT molecular complexity index is 676. The number of carbonyl (C=O) groups is 2. The van der Waals surface area contributed by atoms with Crippen LogP contribution in [0.5, 0.6) is 0 Å². The second-order valence-corrected chi connectivity index (χ2v) is 6.27. The molecule has 3 rings (SSSR count). The molecule has 0 spiro atoms. The van der Waals surface area contributed by atoms with Crippen molar-refractivity contribution in [3.8, 4) is 10.6 Å². The number of benzene rings is 1. The van der Waals surface area contributed by atoms with Crippen molar-refractivity contribution in [2.75, 3.05) is 18.0 Å². The molecule has 0 atom stereocenters. The first-order valence-corrected chi connectivity index (χ1v) is 8.00. The molecule has 0 amide bonds. The summed E-state index contributed by atoms with van der Waals surface area (Å²) in [5.41, 5.74) is 1.43. The second-order valence-electron chi connectivity index (χ2n) is 5.29. The number of anilines is 1. The molecule has 0 bridgehead atoms. The molecule has 1 N–H and O–H groups in total. The normalized spacial score (nSPS) is 15.7. The summed E-state index contributed by atoms with van der Waals surface area (Å²) < 4.78 is 0. The van der Waals surface area contributed by atoms with Crippen LogP contribution in [0.2, 0.25) is 0 Å². The number of rotatable bonds is 4. The maximum Gasteiger partial charge on any atom is 0.306 e. The predicted octanol–water partition coefficient (Wildman–Crippen LogP) is 2.92. The lowest BCUT2D eigenvalue weighted by Crippen LogP contribution is -2.36. The highest BCUT2D eigenvalue weighted by Gasteiger charge is 2.27. The molecule has 0 aliphatic carbocycles. The monoisotopic (exact) mass is 316 g/mol. The Morgan fingerprint density at radius 2 is 1.95 bits per heavy atom. The maximum absolute atomic E-state index is 11.3. The molecule has 0 unspecified atom stereocenters. The number of aliphatic carboxylic acids is 1. The Morgan fingerprint density at radius 3 is 2.55 bits per heavy atom. The van der Waals surface area contributed by atoms with E-state index in [1.807, 2.05) is 30.3 Å². The molecule has 2 heterocycles. The van der Waals surface area contributed by atoms with E-state index >= 15 is 0 Å². The quantitative estimate of drug-likeness (QED) is 0.878. The van der Waals surface area contributed by atoms with Gasteiger partial charge >= 0.3 is 5.97 Å². The molecule has 1 aliphatic heterocycles. The van der Waals surface area contributed by atoms with Crippen LogP contribution < -0.4 is 4.90 Å². The topological polar surface area (TPSA) is 70.5 Å². The highest BCUT2D eigenvalue weighted by molar-refractivity contribution is 7.19. The van der Waals surface area contributed by atoms with Crippen LogP contribution in [-0.4, -0.2) is 35.4 Å². The lowest BCUT2D eigenvalue weighted by Gasteiger charge is -2.30. The van der Waals surface area contributed by atoms with Gasteiger partial charge in [0.2, 0.25) is 0 Å². The molecule has 0 radical (unpaired) electrons. The van der Waals surface area contributed by atoms with Crippen molar-refractivity contribution >= 4 is 28.6 Å². The highest BCUT2D eigenvalue weighted by Crippen LogP contribution is 2.35. The summed E-state index contributed by atoms with van der Waals surface area (Å²) in [6.45, 7) is 1.29. The van der Waals surface area contributed by atoms with Gasteiger partial charge in [0.05, 0.1) is 5.92 Å². The molecule has 1 aromatic heterocycles. The van der Waals surface area contributed by atoms with Crippen LogP contribution in [0.3, 0.4) is 0 Å². The van der Waals surface area contributed by atoms with Gasteiger partial charge in [-0.15, -0.1) is 0 Å². The van der Waals surface area contributed by atoms with Crippen LogP contribution in [-0.2, 0) is 4.79 Å². The third kappa shape index (κ3) is 2.87. The maximum atomic E-state index is 11.3. The van der Waals surface area contributed by atoms with Gasteiger partial charge < -0.3 is 10.0 Å². The number of hydrogen-bond acceptors (Lipinski definition) is 5. The minimum absolute atomic E-state index is 0.280. The smallest absolute Gasteiger partial charge is 0.306 e. The molecule has 0 saturated carbocycles. The van der Waals surface area contributed by atoms with E-state index in [-0.39, 0.29) is 5.92 Å². The zero-order chi connectivity index (χ0) is 15.5. The molecule has 1 aliphatic rings. The predicted molar refractivity (Wildman–Crippen MR) is 85.5 cm³/mol. The molecule has 6 heteroatoms. The summed E-state index contributed by atoms with van der Waals surface area (Å²) >= 11 is 1.49. The van der Waals surface area contributed by atoms with Gasteiger partial charge in [0, 0.05) is 18.7 Å². The number of aromatic nitrogens is 1. The molecule has 1 aromatic carbocycles. The van der Waals surface area contributed by atoms with Crippen molar-refractivity contribution in [2.45, 2.75) is 12.8 Å². The van der Waals surface area contributed by atoms with E-state index in [2.05, 4.69) is 9.88 Å². The van der Waals surface area contributed by atoms with E-state index in [1.165, 1.54) is 11.3 Å². The lowest BCUT2D eigenvalue weighted by atomic mass is 9.97. The van der Waals surface area contributed by atoms with Crippen LogP contribution in [0.1, 0.15) is 23.3 Å². The number of carboxylic acids is 1. The third-order valence-electron chi connectivity index (χ3n) is 3.90. The van der Waals surface area contributed by atoms with Gasteiger partial charge in [-0.05, 0) is 12.8 Å². The number of piperidine rings is 1. The van der Waals surface area contributed by atoms with Gasteiger partial charge in [-0.25, -0.2) is 4.98 Å². The average Bonchev–Trinajstić information content (AvgIpc) is 3.00. The van der Waals surface area contributed by atoms with Crippen LogP contribution in [0.4, 0.5) is 5.00 Å². The van der Waals surface area contributed by atoms with Crippen molar-refractivity contribution in [2.24, 2.45) is 5.92 Å². The van der Waals surface area contributed by atoms with Crippen LogP contribution >= 0.6 is 11.3 Å². The summed E-state index contributed by atoms with van der Waals surface area (Å²) in [4.78, 5) is 28.8. The van der Waals surface area contributed by atoms with Gasteiger partial charge in [-0.3, -0.25) is 9.59 Å². The van der Waals surface area contributed by atoms with E-state index in [1.54, 1.807) is 0 Å². The first-order valence-electron chi connectivity index (χ1n) is 7.18. The molecule has 22 heavy (non-hydrogen) atoms. The largest absolute Gasteiger partial charge is 0.481 e. The van der Waals surface area contributed by atoms with Gasteiger partial charge in [-0.1, -0.05) is 41.7 Å². The fourth-order valence-electron chi connectivity index (χ4n) is 2.66. The summed E-state index contributed by atoms with van der Waals surface area (Å²) in [7, 11) is 0. The number of carbonyl (C=O) groups excluding carboxylic acids is 1. The molecular formula is C16H16N2O3S. The minimum atomic E-state index is -0.732. The SMILES string of the molecule is O=Cc1nc(-c2ccccc2)sc1N1CCC(C(=O)O)CC1. The number of aldehydes is 1. The van der Waals surface area contributed by atoms with E-state index in [0.717, 1.165) is 21.9 Å². The Hall–Kier alpha value is -2.21. The third-order valence-corrected chi connectivity index (χ3v) is 5.08. The zero-order valence-electron chi connectivity index (χ0n) is 11.9. The highest BCUT2D eigenvalue weighted by atomic mass is 32.1. The Balaban J connectivity index is 1.84. The van der Waals surface area contributed by atoms with E-state index in [0.29, 0.717) is 31.6 Å². The van der Waals surface area contributed by atoms with Crippen LogP contribution in [0.25, 0.3) is 10.6 Å². The first-order chi connectivity index (χ1) is 10.7. The summed E-state index contributed by atoms with van der Waals surface area (Å²) in [6, 6.07) is 9.75. The van der Waals surface area contributed by atoms with Gasteiger partial charge in [-0.2, -0.15) is 0 Å². The molecule has 2 aromatic rings. The van der Waals surface area contributed by atoms with Crippen molar-refractivity contribution in [3.05, 3.63) is 36.0 Å². The van der Waals surface area contributed by atoms with Gasteiger partial charge in [0.15, 0.2) is 6.29 Å². The molecule has 1 saturated heterocycles. The van der Waals surface area contributed by atoms with Crippen molar-refractivity contribution in [3.63, 3.8) is 0 Å². The second kappa shape index (κ2) is 6.27. The van der Waals surface area contributed by atoms with Crippen molar-refractivity contribution in [1.29, 1.82) is 0 Å². The summed E-state index contributed by atoms with van der Waals surface area (Å²) in [6.07, 6.45) is 1.99. The van der Waals surface area contributed by atoms with Crippen molar-refractivity contribution < 1.29 is 14.7 Å². The molecular weight excluding hydrogens is 300 g/mol. The molecule has 1 fully saturated rings. The van der Waals surface area contributed by atoms with Gasteiger partial charge in [0.25, 0.3) is 0 Å². The summed E-state index contributed by atoms with van der Waals surface area (Å²) in [5, 5.41) is 10.7. The Morgan fingerprint density at radius 1 is 1.27 bits per heavy atom. The number of thiazole rings is 1. The minimum Gasteiger partial charge on any atom is -0.481 e. The fraction of sp³-hybridized carbons (Fsp3) is 0.312. The fourth-order valence-corrected chi connectivity index (χ4v) is 3.75. The van der Waals surface area contributed by atoms with E-state index in [4.69, 9.17) is 5.11 Å². The summed E-state index contributed by atoms with van der Waals surface area (Å²) in [5.74, 6) is -1.01. The van der Waals surface area contributed by atoms with Crippen LogP contribution in [0, 0.1) is 5.92 Å². The van der Waals surface area contributed by atoms with E-state index < -0.39 is 5.97 Å². The average molecular weight is 316 g/mol. The standard InChI is InChI=1S/C16H16N2O3S/c19-10-13-15(18-8-6-12(7-9-18)16(20)21)22-14(17-13)11-4-2-1-3-5-11/h1-5,10,12H,6-9H2,(H,20,21). The Kier molecular flexibility index (Phi) is 4.20. The Labute approximate surface area is 132 Å². The number of carboxylic acid groups (broad SMARTS) is 1. The molecule has 5 nitrogen and oxygen atoms in total. The first kappa shape index (κ1) is 14.7. The number of hydrogen-bond donors (Lipinski definition) is 1. The zero-order valence-corrected chi connectivity index (χ0v) is 12.8.